The normalized spacial score (nSPS) is 12.2. The van der Waals surface area contributed by atoms with Crippen molar-refractivity contribution in [1.82, 2.24) is 9.80 Å². The van der Waals surface area contributed by atoms with Crippen LogP contribution in [0.3, 0.4) is 0 Å². The molecule has 2 aromatic rings. The van der Waals surface area contributed by atoms with Gasteiger partial charge in [-0.05, 0) is 43.1 Å². The first-order valence-corrected chi connectivity index (χ1v) is 8.49. The number of benzene rings is 1. The van der Waals surface area contributed by atoms with Crippen molar-refractivity contribution in [2.75, 3.05) is 27.7 Å². The van der Waals surface area contributed by atoms with Crippen molar-refractivity contribution in [2.24, 2.45) is 0 Å². The molecule has 1 aromatic heterocycles. The minimum atomic E-state index is 0.110. The molecule has 0 radical (unpaired) electrons. The Bertz CT molecular complexity index is 628. The molecule has 0 N–H and O–H groups in total. The highest BCUT2D eigenvalue weighted by Gasteiger charge is 2.18. The van der Waals surface area contributed by atoms with E-state index in [4.69, 9.17) is 4.74 Å². The van der Waals surface area contributed by atoms with E-state index in [0.717, 1.165) is 11.3 Å². The van der Waals surface area contributed by atoms with Crippen LogP contribution < -0.4 is 4.74 Å². The molecule has 4 nitrogen and oxygen atoms in total. The van der Waals surface area contributed by atoms with E-state index in [-0.39, 0.29) is 11.9 Å². The van der Waals surface area contributed by atoms with Gasteiger partial charge in [0.25, 0.3) is 0 Å². The van der Waals surface area contributed by atoms with Crippen LogP contribution in [0.5, 0.6) is 5.75 Å². The molecule has 1 aromatic carbocycles. The molecule has 0 aliphatic carbocycles. The molecule has 0 aliphatic heterocycles. The van der Waals surface area contributed by atoms with Crippen molar-refractivity contribution in [2.45, 2.75) is 19.5 Å². The number of nitrogens with zero attached hydrogens (tertiary/aromatic N) is 2. The van der Waals surface area contributed by atoms with Gasteiger partial charge in [0, 0.05) is 24.5 Å². The summed E-state index contributed by atoms with van der Waals surface area (Å²) in [7, 11) is 5.47. The van der Waals surface area contributed by atoms with Gasteiger partial charge in [-0.1, -0.05) is 18.2 Å². The lowest BCUT2D eigenvalue weighted by Gasteiger charge is -2.26. The second-order valence-corrected chi connectivity index (χ2v) is 6.69. The number of hydrogen-bond donors (Lipinski definition) is 0. The number of amides is 1. The zero-order valence-electron chi connectivity index (χ0n) is 14.2. The van der Waals surface area contributed by atoms with Crippen molar-refractivity contribution in [1.29, 1.82) is 0 Å². The zero-order valence-corrected chi connectivity index (χ0v) is 15.0. The van der Waals surface area contributed by atoms with Gasteiger partial charge in [0.2, 0.25) is 5.91 Å². The Kier molecular flexibility index (Phi) is 6.19. The highest BCUT2D eigenvalue weighted by atomic mass is 32.1. The lowest BCUT2D eigenvalue weighted by atomic mass is 10.2. The van der Waals surface area contributed by atoms with Gasteiger partial charge in [0.1, 0.15) is 5.75 Å². The summed E-state index contributed by atoms with van der Waals surface area (Å²) >= 11 is 1.72. The molecule has 23 heavy (non-hydrogen) atoms. The third kappa shape index (κ3) is 4.81. The smallest absolute Gasteiger partial charge is 0.236 e. The average Bonchev–Trinajstić information content (AvgIpc) is 3.08. The molecule has 0 aliphatic rings. The summed E-state index contributed by atoms with van der Waals surface area (Å²) in [6.07, 6.45) is 0. The van der Waals surface area contributed by atoms with Gasteiger partial charge in [0.05, 0.1) is 13.7 Å². The summed E-state index contributed by atoms with van der Waals surface area (Å²) < 4.78 is 5.22. The van der Waals surface area contributed by atoms with Gasteiger partial charge >= 0.3 is 0 Å². The van der Waals surface area contributed by atoms with Crippen LogP contribution in [0.2, 0.25) is 0 Å². The van der Waals surface area contributed by atoms with Gasteiger partial charge in [-0.3, -0.25) is 9.69 Å². The number of likely N-dealkylation sites (N-methyl/N-ethyl adjacent to an activating group) is 2. The van der Waals surface area contributed by atoms with Crippen LogP contribution in [-0.4, -0.2) is 43.5 Å². The molecule has 1 amide bonds. The van der Waals surface area contributed by atoms with E-state index < -0.39 is 0 Å². The van der Waals surface area contributed by atoms with Crippen LogP contribution in [0.25, 0.3) is 0 Å². The molecule has 124 valence electrons. The van der Waals surface area contributed by atoms with E-state index in [2.05, 4.69) is 23.3 Å². The Morgan fingerprint density at radius 2 is 2.04 bits per heavy atom. The number of methoxy groups -OCH3 is 1. The number of carbonyl (C=O) groups is 1. The summed E-state index contributed by atoms with van der Waals surface area (Å²) in [6, 6.07) is 12.2. The molecular formula is C18H24N2O2S. The fourth-order valence-electron chi connectivity index (χ4n) is 2.35. The molecular weight excluding hydrogens is 308 g/mol. The average molecular weight is 332 g/mol. The summed E-state index contributed by atoms with van der Waals surface area (Å²) in [5.41, 5.74) is 1.06. The predicted molar refractivity (Wildman–Crippen MR) is 94.8 cm³/mol. The zero-order chi connectivity index (χ0) is 16.8. The van der Waals surface area contributed by atoms with Crippen LogP contribution in [0.1, 0.15) is 23.4 Å². The van der Waals surface area contributed by atoms with Crippen molar-refractivity contribution in [3.63, 3.8) is 0 Å². The molecule has 0 saturated carbocycles. The Morgan fingerprint density at radius 3 is 2.70 bits per heavy atom. The van der Waals surface area contributed by atoms with E-state index >= 15 is 0 Å². The maximum absolute atomic E-state index is 12.4. The quantitative estimate of drug-likeness (QED) is 0.779. The Labute approximate surface area is 142 Å². The summed E-state index contributed by atoms with van der Waals surface area (Å²) in [5.74, 6) is 0.922. The van der Waals surface area contributed by atoms with Gasteiger partial charge in [-0.25, -0.2) is 0 Å². The molecule has 2 rings (SSSR count). The first-order chi connectivity index (χ1) is 11.0. The number of rotatable bonds is 7. The Balaban J connectivity index is 1.91. The van der Waals surface area contributed by atoms with Crippen LogP contribution in [0.4, 0.5) is 0 Å². The number of thiophene rings is 1. The molecule has 0 saturated heterocycles. The lowest BCUT2D eigenvalue weighted by Crippen LogP contribution is -2.37. The molecule has 0 spiro atoms. The molecule has 0 fully saturated rings. The topological polar surface area (TPSA) is 32.8 Å². The van der Waals surface area contributed by atoms with Gasteiger partial charge in [0.15, 0.2) is 0 Å². The van der Waals surface area contributed by atoms with Crippen molar-refractivity contribution >= 4 is 17.2 Å². The van der Waals surface area contributed by atoms with E-state index in [1.165, 1.54) is 4.88 Å². The summed E-state index contributed by atoms with van der Waals surface area (Å²) in [5, 5.41) is 2.07. The third-order valence-corrected chi connectivity index (χ3v) is 5.02. The predicted octanol–water partition coefficient (Wildman–Crippen LogP) is 3.41. The van der Waals surface area contributed by atoms with Crippen LogP contribution >= 0.6 is 11.3 Å². The van der Waals surface area contributed by atoms with Gasteiger partial charge in [-0.2, -0.15) is 0 Å². The van der Waals surface area contributed by atoms with Gasteiger partial charge in [-0.15, -0.1) is 11.3 Å². The van der Waals surface area contributed by atoms with Crippen molar-refractivity contribution < 1.29 is 9.53 Å². The maximum Gasteiger partial charge on any atom is 0.236 e. The standard InChI is InChI=1S/C18H24N2O2S/c1-14(17-9-6-10-23-17)19(2)13-18(21)20(3)12-15-7-5-8-16(11-15)22-4/h5-11,14H,12-13H2,1-4H3. The lowest BCUT2D eigenvalue weighted by molar-refractivity contribution is -0.131. The first kappa shape index (κ1) is 17.5. The van der Waals surface area contributed by atoms with Crippen LogP contribution in [0.15, 0.2) is 41.8 Å². The Hall–Kier alpha value is -1.85. The SMILES string of the molecule is COc1cccc(CN(C)C(=O)CN(C)C(C)c2cccs2)c1. The Morgan fingerprint density at radius 1 is 1.26 bits per heavy atom. The fourth-order valence-corrected chi connectivity index (χ4v) is 3.20. The van der Waals surface area contributed by atoms with Crippen molar-refractivity contribution in [3.05, 3.63) is 52.2 Å². The van der Waals surface area contributed by atoms with Crippen LogP contribution in [0, 0.1) is 0 Å². The highest BCUT2D eigenvalue weighted by molar-refractivity contribution is 7.10. The van der Waals surface area contributed by atoms with Crippen LogP contribution in [-0.2, 0) is 11.3 Å². The summed E-state index contributed by atoms with van der Waals surface area (Å²) in [4.78, 5) is 17.6. The second-order valence-electron chi connectivity index (χ2n) is 5.71. The largest absolute Gasteiger partial charge is 0.497 e. The van der Waals surface area contributed by atoms with E-state index in [0.29, 0.717) is 13.1 Å². The maximum atomic E-state index is 12.4. The van der Waals surface area contributed by atoms with E-state index in [1.54, 1.807) is 23.3 Å². The van der Waals surface area contributed by atoms with E-state index in [9.17, 15) is 4.79 Å². The number of hydrogen-bond acceptors (Lipinski definition) is 4. The van der Waals surface area contributed by atoms with E-state index in [1.807, 2.05) is 44.4 Å². The molecule has 5 heteroatoms. The fraction of sp³-hybridized carbons (Fsp3) is 0.389. The van der Waals surface area contributed by atoms with Gasteiger partial charge < -0.3 is 9.64 Å². The minimum Gasteiger partial charge on any atom is -0.497 e. The number of carbonyl (C=O) groups excluding carboxylic acids is 1. The monoisotopic (exact) mass is 332 g/mol. The minimum absolute atomic E-state index is 0.110. The molecule has 1 heterocycles. The first-order valence-electron chi connectivity index (χ1n) is 7.61. The summed E-state index contributed by atoms with van der Waals surface area (Å²) in [6.45, 7) is 3.11. The molecule has 0 bridgehead atoms. The number of ether oxygens (including phenoxy) is 1. The molecule has 1 unspecified atom stereocenters. The third-order valence-electron chi connectivity index (χ3n) is 3.98. The highest BCUT2D eigenvalue weighted by Crippen LogP contribution is 2.23. The second kappa shape index (κ2) is 8.13. The molecule has 1 atom stereocenters. The van der Waals surface area contributed by atoms with Crippen molar-refractivity contribution in [3.8, 4) is 5.75 Å².